The summed E-state index contributed by atoms with van der Waals surface area (Å²) in [6.45, 7) is 0.452. The molecular formula is C17H18F3N5O2. The summed E-state index contributed by atoms with van der Waals surface area (Å²) >= 11 is 0. The first-order valence-corrected chi connectivity index (χ1v) is 8.37. The Hall–Kier alpha value is -2.91. The summed E-state index contributed by atoms with van der Waals surface area (Å²) in [6.07, 6.45) is -1.22. The number of likely N-dealkylation sites (tertiary alicyclic amines) is 1. The zero-order valence-corrected chi connectivity index (χ0v) is 14.3. The van der Waals surface area contributed by atoms with Crippen LogP contribution in [0.4, 0.5) is 13.2 Å². The molecule has 0 unspecified atom stereocenters. The van der Waals surface area contributed by atoms with Crippen molar-refractivity contribution in [2.75, 3.05) is 6.54 Å². The maximum absolute atomic E-state index is 13.1. The summed E-state index contributed by atoms with van der Waals surface area (Å²) in [7, 11) is 0. The van der Waals surface area contributed by atoms with Gasteiger partial charge in [-0.05, 0) is 11.6 Å². The van der Waals surface area contributed by atoms with Gasteiger partial charge in [0, 0.05) is 32.5 Å². The monoisotopic (exact) mass is 381 g/mol. The molecule has 27 heavy (non-hydrogen) atoms. The molecule has 1 aliphatic heterocycles. The van der Waals surface area contributed by atoms with E-state index in [-0.39, 0.29) is 43.3 Å². The number of halogens is 3. The van der Waals surface area contributed by atoms with E-state index in [0.29, 0.717) is 6.54 Å². The Labute approximate surface area is 153 Å². The van der Waals surface area contributed by atoms with Crippen LogP contribution in [-0.2, 0) is 28.9 Å². The number of nitrogens with zero attached hydrogens (tertiary/aromatic N) is 4. The van der Waals surface area contributed by atoms with E-state index in [2.05, 4.69) is 15.5 Å². The number of carbonyl (C=O) groups excluding carboxylic acids is 2. The van der Waals surface area contributed by atoms with Crippen LogP contribution in [0.5, 0.6) is 0 Å². The molecule has 1 aromatic carbocycles. The van der Waals surface area contributed by atoms with Crippen LogP contribution in [0.3, 0.4) is 0 Å². The third-order valence-electron chi connectivity index (χ3n) is 4.33. The van der Waals surface area contributed by atoms with Crippen molar-refractivity contribution in [1.29, 1.82) is 0 Å². The Morgan fingerprint density at radius 2 is 1.93 bits per heavy atom. The fourth-order valence-corrected chi connectivity index (χ4v) is 3.03. The Bertz CT molecular complexity index is 807. The Morgan fingerprint density at radius 1 is 1.22 bits per heavy atom. The molecule has 1 N–H and O–H groups in total. The number of alkyl halides is 3. The van der Waals surface area contributed by atoms with Gasteiger partial charge in [-0.1, -0.05) is 18.2 Å². The SMILES string of the molecule is O=C(CCn1cnnc1)N[C@@H]1CC(=O)N(Cc2ccccc2C(F)(F)F)C1. The molecule has 1 fully saturated rings. The number of aromatic nitrogens is 3. The van der Waals surface area contributed by atoms with Crippen LogP contribution in [0.25, 0.3) is 0 Å². The van der Waals surface area contributed by atoms with Crippen LogP contribution in [-0.4, -0.2) is 44.1 Å². The number of hydrogen-bond donors (Lipinski definition) is 1. The maximum Gasteiger partial charge on any atom is 0.416 e. The molecule has 2 heterocycles. The van der Waals surface area contributed by atoms with E-state index in [0.717, 1.165) is 6.07 Å². The quantitative estimate of drug-likeness (QED) is 0.824. The molecule has 1 aromatic heterocycles. The Morgan fingerprint density at radius 3 is 2.63 bits per heavy atom. The van der Waals surface area contributed by atoms with Crippen LogP contribution >= 0.6 is 0 Å². The van der Waals surface area contributed by atoms with Crippen molar-refractivity contribution in [3.8, 4) is 0 Å². The van der Waals surface area contributed by atoms with Crippen molar-refractivity contribution < 1.29 is 22.8 Å². The fourth-order valence-electron chi connectivity index (χ4n) is 3.03. The van der Waals surface area contributed by atoms with Gasteiger partial charge in [-0.2, -0.15) is 13.2 Å². The van der Waals surface area contributed by atoms with Crippen LogP contribution in [0, 0.1) is 0 Å². The molecule has 1 aliphatic rings. The molecule has 3 rings (SSSR count). The number of aryl methyl sites for hydroxylation is 1. The number of amides is 2. The Balaban J connectivity index is 1.56. The van der Waals surface area contributed by atoms with Gasteiger partial charge in [-0.3, -0.25) is 9.59 Å². The molecule has 10 heteroatoms. The average Bonchev–Trinajstić information content (AvgIpc) is 3.23. The predicted octanol–water partition coefficient (Wildman–Crippen LogP) is 1.60. The van der Waals surface area contributed by atoms with E-state index in [9.17, 15) is 22.8 Å². The first-order valence-electron chi connectivity index (χ1n) is 8.37. The first kappa shape index (κ1) is 18.9. The highest BCUT2D eigenvalue weighted by Crippen LogP contribution is 2.32. The predicted molar refractivity (Wildman–Crippen MR) is 88.0 cm³/mol. The van der Waals surface area contributed by atoms with Gasteiger partial charge in [0.15, 0.2) is 0 Å². The van der Waals surface area contributed by atoms with E-state index in [1.165, 1.54) is 35.8 Å². The molecule has 144 valence electrons. The lowest BCUT2D eigenvalue weighted by Gasteiger charge is -2.20. The average molecular weight is 381 g/mol. The normalized spacial score (nSPS) is 17.4. The van der Waals surface area contributed by atoms with E-state index >= 15 is 0 Å². The van der Waals surface area contributed by atoms with Gasteiger partial charge in [0.2, 0.25) is 11.8 Å². The van der Waals surface area contributed by atoms with Crippen LogP contribution in [0.1, 0.15) is 24.0 Å². The van der Waals surface area contributed by atoms with Crippen molar-refractivity contribution in [2.45, 2.75) is 38.1 Å². The van der Waals surface area contributed by atoms with Gasteiger partial charge in [-0.25, -0.2) is 0 Å². The Kier molecular flexibility index (Phi) is 5.43. The summed E-state index contributed by atoms with van der Waals surface area (Å²) < 4.78 is 40.9. The van der Waals surface area contributed by atoms with Crippen molar-refractivity contribution in [1.82, 2.24) is 25.0 Å². The number of hydrogen-bond acceptors (Lipinski definition) is 4. The maximum atomic E-state index is 13.1. The lowest BCUT2D eigenvalue weighted by molar-refractivity contribution is -0.139. The molecule has 1 atom stereocenters. The van der Waals surface area contributed by atoms with Gasteiger partial charge in [0.1, 0.15) is 12.7 Å². The van der Waals surface area contributed by atoms with Crippen LogP contribution in [0.2, 0.25) is 0 Å². The van der Waals surface area contributed by atoms with E-state index in [4.69, 9.17) is 0 Å². The third kappa shape index (κ3) is 4.83. The molecule has 1 saturated heterocycles. The summed E-state index contributed by atoms with van der Waals surface area (Å²) in [5.74, 6) is -0.518. The largest absolute Gasteiger partial charge is 0.416 e. The standard InChI is InChI=1S/C17H18F3N5O2/c18-17(19,20)14-4-2-1-3-12(14)8-25-9-13(7-16(25)27)23-15(26)5-6-24-10-21-22-11-24/h1-4,10-11,13H,5-9H2,(H,23,26)/t13-/m1/s1. The molecule has 0 saturated carbocycles. The van der Waals surface area contributed by atoms with E-state index in [1.54, 1.807) is 4.57 Å². The minimum atomic E-state index is -4.48. The zero-order chi connectivity index (χ0) is 19.4. The highest BCUT2D eigenvalue weighted by atomic mass is 19.4. The highest BCUT2D eigenvalue weighted by molar-refractivity contribution is 5.82. The number of nitrogens with one attached hydrogen (secondary N) is 1. The molecule has 2 amide bonds. The van der Waals surface area contributed by atoms with Gasteiger partial charge in [-0.15, -0.1) is 10.2 Å². The first-order chi connectivity index (χ1) is 12.8. The topological polar surface area (TPSA) is 80.1 Å². The minimum Gasteiger partial charge on any atom is -0.351 e. The number of benzene rings is 1. The van der Waals surface area contributed by atoms with Crippen molar-refractivity contribution >= 4 is 11.8 Å². The van der Waals surface area contributed by atoms with Gasteiger partial charge in [0.25, 0.3) is 0 Å². The second-order valence-electron chi connectivity index (χ2n) is 6.35. The molecule has 0 bridgehead atoms. The summed E-state index contributed by atoms with van der Waals surface area (Å²) in [6, 6.07) is 4.78. The van der Waals surface area contributed by atoms with E-state index < -0.39 is 17.8 Å². The van der Waals surface area contributed by atoms with Crippen molar-refractivity contribution in [3.05, 3.63) is 48.0 Å². The fraction of sp³-hybridized carbons (Fsp3) is 0.412. The smallest absolute Gasteiger partial charge is 0.351 e. The zero-order valence-electron chi connectivity index (χ0n) is 14.3. The lowest BCUT2D eigenvalue weighted by Crippen LogP contribution is -2.37. The number of carbonyl (C=O) groups is 2. The molecule has 7 nitrogen and oxygen atoms in total. The van der Waals surface area contributed by atoms with Gasteiger partial charge >= 0.3 is 6.18 Å². The molecule has 0 aliphatic carbocycles. The summed E-state index contributed by atoms with van der Waals surface area (Å²) in [4.78, 5) is 25.5. The molecule has 0 spiro atoms. The van der Waals surface area contributed by atoms with Crippen LogP contribution < -0.4 is 5.32 Å². The number of rotatable bonds is 6. The van der Waals surface area contributed by atoms with Crippen molar-refractivity contribution in [2.24, 2.45) is 0 Å². The molecular weight excluding hydrogens is 363 g/mol. The highest BCUT2D eigenvalue weighted by Gasteiger charge is 2.35. The minimum absolute atomic E-state index is 0.0398. The second kappa shape index (κ2) is 7.77. The molecule has 2 aromatic rings. The van der Waals surface area contributed by atoms with Gasteiger partial charge in [0.05, 0.1) is 11.6 Å². The summed E-state index contributed by atoms with van der Waals surface area (Å²) in [5.41, 5.74) is -0.711. The van der Waals surface area contributed by atoms with Gasteiger partial charge < -0.3 is 14.8 Å². The third-order valence-corrected chi connectivity index (χ3v) is 4.33. The van der Waals surface area contributed by atoms with Crippen LogP contribution in [0.15, 0.2) is 36.9 Å². The lowest BCUT2D eigenvalue weighted by atomic mass is 10.1. The summed E-state index contributed by atoms with van der Waals surface area (Å²) in [5, 5.41) is 10.0. The second-order valence-corrected chi connectivity index (χ2v) is 6.35. The molecule has 0 radical (unpaired) electrons. The van der Waals surface area contributed by atoms with Crippen molar-refractivity contribution in [3.63, 3.8) is 0 Å². The van der Waals surface area contributed by atoms with E-state index in [1.807, 2.05) is 0 Å².